The minimum atomic E-state index is -0.896. The molecule has 2 rings (SSSR count). The number of carbonyl (C=O) groups is 2. The van der Waals surface area contributed by atoms with Crippen molar-refractivity contribution in [1.82, 2.24) is 0 Å². The zero-order valence-electron chi connectivity index (χ0n) is 14.7. The van der Waals surface area contributed by atoms with Crippen molar-refractivity contribution >= 4 is 35.0 Å². The van der Waals surface area contributed by atoms with Crippen molar-refractivity contribution in [3.05, 3.63) is 79.9 Å². The highest BCUT2D eigenvalue weighted by atomic mass is 16.6. The number of hydrogen-bond acceptors (Lipinski definition) is 7. The Morgan fingerprint density at radius 1 is 1.04 bits per heavy atom. The number of esters is 1. The molecule has 0 atom stereocenters. The topological polar surface area (TPSA) is 142 Å². The number of anilines is 1. The number of para-hydroxylation sites is 2. The summed E-state index contributed by atoms with van der Waals surface area (Å²) in [6.07, 6.45) is 2.15. The normalized spacial score (nSPS) is 10.5. The van der Waals surface area contributed by atoms with Crippen LogP contribution < -0.4 is 5.32 Å². The first kappa shape index (κ1) is 20.2. The third-order valence-corrected chi connectivity index (χ3v) is 3.59. The summed E-state index contributed by atoms with van der Waals surface area (Å²) < 4.78 is 4.76. The number of rotatable bonds is 7. The van der Waals surface area contributed by atoms with Crippen molar-refractivity contribution in [2.24, 2.45) is 0 Å². The van der Waals surface area contributed by atoms with Crippen molar-refractivity contribution in [2.45, 2.75) is 6.92 Å². The highest BCUT2D eigenvalue weighted by Crippen LogP contribution is 2.27. The van der Waals surface area contributed by atoms with Crippen LogP contribution in [0.1, 0.15) is 11.1 Å². The van der Waals surface area contributed by atoms with Crippen molar-refractivity contribution in [3.8, 4) is 0 Å². The van der Waals surface area contributed by atoms with Crippen LogP contribution in [0.3, 0.4) is 0 Å². The lowest BCUT2D eigenvalue weighted by atomic mass is 10.1. The summed E-state index contributed by atoms with van der Waals surface area (Å²) in [5.74, 6) is -1.66. The Morgan fingerprint density at radius 2 is 1.68 bits per heavy atom. The molecule has 1 N–H and O–H groups in total. The van der Waals surface area contributed by atoms with Gasteiger partial charge in [-0.1, -0.05) is 24.3 Å². The molecule has 1 amide bonds. The van der Waals surface area contributed by atoms with E-state index in [1.807, 2.05) is 0 Å². The second kappa shape index (κ2) is 9.03. The third-order valence-electron chi connectivity index (χ3n) is 3.59. The number of nitrogens with zero attached hydrogens (tertiary/aromatic N) is 2. The third kappa shape index (κ3) is 5.21. The predicted molar refractivity (Wildman–Crippen MR) is 99.6 cm³/mol. The number of benzene rings is 2. The van der Waals surface area contributed by atoms with Crippen LogP contribution >= 0.6 is 0 Å². The summed E-state index contributed by atoms with van der Waals surface area (Å²) in [5, 5.41) is 24.3. The van der Waals surface area contributed by atoms with Crippen LogP contribution in [0.15, 0.2) is 48.5 Å². The Hall–Kier alpha value is -4.08. The SMILES string of the molecule is Cc1cccc([N+](=O)[O-])c1NC(=O)COC(=O)/C=C/c1ccccc1[N+](=O)[O-]. The summed E-state index contributed by atoms with van der Waals surface area (Å²) in [6.45, 7) is 0.912. The Morgan fingerprint density at radius 3 is 2.36 bits per heavy atom. The molecule has 0 saturated carbocycles. The largest absolute Gasteiger partial charge is 0.452 e. The predicted octanol–water partition coefficient (Wildman–Crippen LogP) is 3.01. The Kier molecular flexibility index (Phi) is 6.53. The van der Waals surface area contributed by atoms with Gasteiger partial charge in [0.2, 0.25) is 0 Å². The Labute approximate surface area is 158 Å². The standard InChI is InChI=1S/C18H15N3O7/c1-12-5-4-8-15(21(26)27)18(12)19-16(22)11-28-17(23)10-9-13-6-2-3-7-14(13)20(24)25/h2-10H,11H2,1H3,(H,19,22)/b10-9+. The molecule has 0 radical (unpaired) electrons. The van der Waals surface area contributed by atoms with E-state index in [0.29, 0.717) is 5.56 Å². The van der Waals surface area contributed by atoms with Gasteiger partial charge in [-0.15, -0.1) is 0 Å². The van der Waals surface area contributed by atoms with Gasteiger partial charge in [-0.05, 0) is 24.6 Å². The van der Waals surface area contributed by atoms with E-state index in [1.165, 1.54) is 36.4 Å². The van der Waals surface area contributed by atoms with Gasteiger partial charge in [-0.3, -0.25) is 25.0 Å². The lowest BCUT2D eigenvalue weighted by Crippen LogP contribution is -2.21. The summed E-state index contributed by atoms with van der Waals surface area (Å²) in [7, 11) is 0. The molecule has 0 spiro atoms. The number of nitro benzene ring substituents is 2. The van der Waals surface area contributed by atoms with E-state index < -0.39 is 28.3 Å². The van der Waals surface area contributed by atoms with E-state index in [2.05, 4.69) is 5.32 Å². The molecule has 0 aliphatic heterocycles. The van der Waals surface area contributed by atoms with E-state index in [0.717, 1.165) is 6.08 Å². The molecule has 144 valence electrons. The van der Waals surface area contributed by atoms with Crippen LogP contribution in [0.25, 0.3) is 6.08 Å². The number of hydrogen-bond donors (Lipinski definition) is 1. The first-order valence-corrected chi connectivity index (χ1v) is 7.91. The molecular weight excluding hydrogens is 370 g/mol. The number of amides is 1. The van der Waals surface area contributed by atoms with Crippen LogP contribution in [-0.2, 0) is 14.3 Å². The quantitative estimate of drug-likeness (QED) is 0.334. The van der Waals surface area contributed by atoms with Gasteiger partial charge in [0.15, 0.2) is 6.61 Å². The van der Waals surface area contributed by atoms with Gasteiger partial charge in [0.25, 0.3) is 17.3 Å². The fourth-order valence-electron chi connectivity index (χ4n) is 2.28. The molecule has 0 saturated heterocycles. The minimum Gasteiger partial charge on any atom is -0.452 e. The zero-order chi connectivity index (χ0) is 20.7. The number of nitro groups is 2. The van der Waals surface area contributed by atoms with Gasteiger partial charge < -0.3 is 10.1 Å². The van der Waals surface area contributed by atoms with Gasteiger partial charge in [0.1, 0.15) is 5.69 Å². The van der Waals surface area contributed by atoms with Crippen molar-refractivity contribution in [1.29, 1.82) is 0 Å². The summed E-state index contributed by atoms with van der Waals surface area (Å²) in [4.78, 5) is 44.4. The molecule has 0 aromatic heterocycles. The monoisotopic (exact) mass is 385 g/mol. The molecule has 28 heavy (non-hydrogen) atoms. The van der Waals surface area contributed by atoms with Crippen molar-refractivity contribution < 1.29 is 24.2 Å². The second-order valence-electron chi connectivity index (χ2n) is 5.53. The van der Waals surface area contributed by atoms with Crippen LogP contribution in [0.2, 0.25) is 0 Å². The molecule has 0 aliphatic carbocycles. The summed E-state index contributed by atoms with van der Waals surface area (Å²) in [6, 6.07) is 10.1. The lowest BCUT2D eigenvalue weighted by molar-refractivity contribution is -0.385. The van der Waals surface area contributed by atoms with Gasteiger partial charge in [0.05, 0.1) is 15.4 Å². The van der Waals surface area contributed by atoms with Gasteiger partial charge in [-0.2, -0.15) is 0 Å². The zero-order valence-corrected chi connectivity index (χ0v) is 14.7. The number of nitrogens with one attached hydrogen (secondary N) is 1. The molecule has 0 bridgehead atoms. The highest BCUT2D eigenvalue weighted by Gasteiger charge is 2.18. The minimum absolute atomic E-state index is 0.0176. The van der Waals surface area contributed by atoms with Crippen molar-refractivity contribution in [3.63, 3.8) is 0 Å². The number of ether oxygens (including phenoxy) is 1. The van der Waals surface area contributed by atoms with Crippen LogP contribution in [0.4, 0.5) is 17.1 Å². The first-order valence-electron chi connectivity index (χ1n) is 7.91. The summed E-state index contributed by atoms with van der Waals surface area (Å²) in [5.41, 5.74) is 0.228. The second-order valence-corrected chi connectivity index (χ2v) is 5.53. The summed E-state index contributed by atoms with van der Waals surface area (Å²) >= 11 is 0. The van der Waals surface area contributed by atoms with Gasteiger partial charge in [0, 0.05) is 18.2 Å². The van der Waals surface area contributed by atoms with E-state index in [9.17, 15) is 29.8 Å². The molecule has 0 fully saturated rings. The number of carbonyl (C=O) groups excluding carboxylic acids is 2. The van der Waals surface area contributed by atoms with Crippen LogP contribution in [-0.4, -0.2) is 28.3 Å². The molecular formula is C18H15N3O7. The average molecular weight is 385 g/mol. The van der Waals surface area contributed by atoms with Crippen molar-refractivity contribution in [2.75, 3.05) is 11.9 Å². The molecule has 2 aromatic rings. The van der Waals surface area contributed by atoms with E-state index in [1.54, 1.807) is 19.1 Å². The maximum atomic E-state index is 11.9. The molecule has 10 nitrogen and oxygen atoms in total. The fourth-order valence-corrected chi connectivity index (χ4v) is 2.28. The van der Waals surface area contributed by atoms with Crippen LogP contribution in [0.5, 0.6) is 0 Å². The molecule has 10 heteroatoms. The molecule has 0 heterocycles. The average Bonchev–Trinajstić information content (AvgIpc) is 2.66. The van der Waals surface area contributed by atoms with E-state index in [-0.39, 0.29) is 22.6 Å². The lowest BCUT2D eigenvalue weighted by Gasteiger charge is -2.08. The maximum absolute atomic E-state index is 11.9. The van der Waals surface area contributed by atoms with E-state index >= 15 is 0 Å². The molecule has 2 aromatic carbocycles. The highest BCUT2D eigenvalue weighted by molar-refractivity contribution is 5.97. The smallest absolute Gasteiger partial charge is 0.331 e. The molecule has 0 aliphatic rings. The fraction of sp³-hybridized carbons (Fsp3) is 0.111. The Bertz CT molecular complexity index is 969. The molecule has 0 unspecified atom stereocenters. The Balaban J connectivity index is 1.98. The number of aryl methyl sites for hydroxylation is 1. The van der Waals surface area contributed by atoms with Gasteiger partial charge in [-0.25, -0.2) is 4.79 Å². The van der Waals surface area contributed by atoms with Crippen LogP contribution in [0, 0.1) is 27.2 Å². The first-order chi connectivity index (χ1) is 13.3. The van der Waals surface area contributed by atoms with Gasteiger partial charge >= 0.3 is 5.97 Å². The maximum Gasteiger partial charge on any atom is 0.331 e. The van der Waals surface area contributed by atoms with E-state index in [4.69, 9.17) is 4.74 Å².